The molecule has 1 aromatic carbocycles. The van der Waals surface area contributed by atoms with Gasteiger partial charge in [0.2, 0.25) is 0 Å². The third-order valence-corrected chi connectivity index (χ3v) is 5.79. The first-order chi connectivity index (χ1) is 10.5. The van der Waals surface area contributed by atoms with Crippen LogP contribution >= 0.6 is 0 Å². The molecule has 1 N–H and O–H groups in total. The number of nitrogens with zero attached hydrogens (tertiary/aromatic N) is 1. The van der Waals surface area contributed by atoms with Crippen molar-refractivity contribution in [1.82, 2.24) is 10.2 Å². The van der Waals surface area contributed by atoms with Crippen molar-refractivity contribution in [3.05, 3.63) is 30.3 Å². The van der Waals surface area contributed by atoms with Crippen LogP contribution in [0.1, 0.15) is 26.2 Å². The Bertz CT molecular complexity index is 587. The first kappa shape index (κ1) is 16.8. The summed E-state index contributed by atoms with van der Waals surface area (Å²) < 4.78 is 24.9. The molecule has 5 nitrogen and oxygen atoms in total. The molecule has 0 aliphatic carbocycles. The highest BCUT2D eigenvalue weighted by atomic mass is 32.2. The van der Waals surface area contributed by atoms with Crippen molar-refractivity contribution in [3.8, 4) is 0 Å². The van der Waals surface area contributed by atoms with E-state index in [4.69, 9.17) is 0 Å². The number of benzene rings is 1. The number of hydrogen-bond acceptors (Lipinski definition) is 3. The van der Waals surface area contributed by atoms with Crippen molar-refractivity contribution in [3.63, 3.8) is 0 Å². The summed E-state index contributed by atoms with van der Waals surface area (Å²) in [5.74, 6) is 0.112. The zero-order valence-corrected chi connectivity index (χ0v) is 13.8. The van der Waals surface area contributed by atoms with Gasteiger partial charge < -0.3 is 10.2 Å². The van der Waals surface area contributed by atoms with Crippen LogP contribution in [-0.4, -0.2) is 44.7 Å². The Hall–Kier alpha value is -1.56. The number of carbonyl (C=O) groups is 1. The van der Waals surface area contributed by atoms with Gasteiger partial charge in [0.15, 0.2) is 9.84 Å². The Balaban J connectivity index is 1.97. The molecule has 122 valence electrons. The number of piperidine rings is 1. The van der Waals surface area contributed by atoms with Crippen molar-refractivity contribution < 1.29 is 13.2 Å². The largest absolute Gasteiger partial charge is 0.338 e. The van der Waals surface area contributed by atoms with Gasteiger partial charge in [-0.15, -0.1) is 0 Å². The molecule has 0 bridgehead atoms. The quantitative estimate of drug-likeness (QED) is 0.903. The van der Waals surface area contributed by atoms with Gasteiger partial charge in [-0.3, -0.25) is 0 Å². The van der Waals surface area contributed by atoms with Crippen molar-refractivity contribution in [2.75, 3.05) is 25.4 Å². The van der Waals surface area contributed by atoms with Gasteiger partial charge in [-0.05, 0) is 37.3 Å². The summed E-state index contributed by atoms with van der Waals surface area (Å²) in [7, 11) is -3.28. The highest BCUT2D eigenvalue weighted by molar-refractivity contribution is 7.91. The van der Waals surface area contributed by atoms with E-state index in [-0.39, 0.29) is 17.7 Å². The standard InChI is InChI=1S/C16H24N2O3S/c1-2-10-17-16(19)18-11-6-7-14(12-18)13-22(20,21)15-8-4-3-5-9-15/h3-5,8-9,14H,2,6-7,10-13H2,1H3,(H,17,19). The van der Waals surface area contributed by atoms with E-state index in [1.165, 1.54) is 0 Å². The molecule has 1 heterocycles. The molecule has 22 heavy (non-hydrogen) atoms. The number of carbonyl (C=O) groups excluding carboxylic acids is 1. The van der Waals surface area contributed by atoms with E-state index in [0.717, 1.165) is 19.3 Å². The minimum Gasteiger partial charge on any atom is -0.338 e. The number of rotatable bonds is 5. The lowest BCUT2D eigenvalue weighted by Gasteiger charge is -2.32. The van der Waals surface area contributed by atoms with Crippen LogP contribution in [0.2, 0.25) is 0 Å². The fourth-order valence-corrected chi connectivity index (χ4v) is 4.42. The summed E-state index contributed by atoms with van der Waals surface area (Å²) in [6.07, 6.45) is 2.60. The minimum absolute atomic E-state index is 0.00586. The minimum atomic E-state index is -3.28. The van der Waals surface area contributed by atoms with Crippen molar-refractivity contribution in [1.29, 1.82) is 0 Å². The molecule has 0 saturated carbocycles. The number of sulfone groups is 1. The van der Waals surface area contributed by atoms with Gasteiger partial charge in [0.05, 0.1) is 10.6 Å². The molecule has 0 aromatic heterocycles. The summed E-state index contributed by atoms with van der Waals surface area (Å²) >= 11 is 0. The highest BCUT2D eigenvalue weighted by Gasteiger charge is 2.28. The average Bonchev–Trinajstić information content (AvgIpc) is 2.53. The molecule has 6 heteroatoms. The van der Waals surface area contributed by atoms with Crippen LogP contribution in [0.15, 0.2) is 35.2 Å². The molecule has 0 radical (unpaired) electrons. The second kappa shape index (κ2) is 7.63. The van der Waals surface area contributed by atoms with Crippen LogP contribution in [0, 0.1) is 5.92 Å². The molecule has 1 aliphatic heterocycles. The Morgan fingerprint density at radius 1 is 1.32 bits per heavy atom. The third-order valence-electron chi connectivity index (χ3n) is 3.89. The molecule has 2 amide bonds. The predicted octanol–water partition coefficient (Wildman–Crippen LogP) is 2.29. The van der Waals surface area contributed by atoms with Gasteiger partial charge in [-0.1, -0.05) is 25.1 Å². The normalized spacial score (nSPS) is 19.0. The number of amides is 2. The van der Waals surface area contributed by atoms with E-state index < -0.39 is 9.84 Å². The summed E-state index contributed by atoms with van der Waals surface area (Å²) in [4.78, 5) is 14.1. The topological polar surface area (TPSA) is 66.5 Å². The monoisotopic (exact) mass is 324 g/mol. The first-order valence-electron chi connectivity index (χ1n) is 7.83. The molecule has 2 rings (SSSR count). The van der Waals surface area contributed by atoms with E-state index in [1.54, 1.807) is 35.2 Å². The van der Waals surface area contributed by atoms with Crippen LogP contribution in [0.25, 0.3) is 0 Å². The lowest BCUT2D eigenvalue weighted by Crippen LogP contribution is -2.46. The van der Waals surface area contributed by atoms with Crippen LogP contribution < -0.4 is 5.32 Å². The maximum atomic E-state index is 12.4. The maximum Gasteiger partial charge on any atom is 0.317 e. The van der Waals surface area contributed by atoms with E-state index in [0.29, 0.717) is 24.5 Å². The summed E-state index contributed by atoms with van der Waals surface area (Å²) in [6.45, 7) is 3.88. The van der Waals surface area contributed by atoms with Gasteiger partial charge in [0.25, 0.3) is 0 Å². The van der Waals surface area contributed by atoms with E-state index in [1.807, 2.05) is 6.92 Å². The molecule has 1 unspecified atom stereocenters. The zero-order chi connectivity index (χ0) is 16.0. The van der Waals surface area contributed by atoms with Gasteiger partial charge in [-0.25, -0.2) is 13.2 Å². The lowest BCUT2D eigenvalue weighted by molar-refractivity contribution is 0.170. The summed E-state index contributed by atoms with van der Waals surface area (Å²) in [5, 5.41) is 2.85. The van der Waals surface area contributed by atoms with E-state index >= 15 is 0 Å². The Kier molecular flexibility index (Phi) is 5.83. The summed E-state index contributed by atoms with van der Waals surface area (Å²) in [5.41, 5.74) is 0. The molecule has 1 fully saturated rings. The average molecular weight is 324 g/mol. The van der Waals surface area contributed by atoms with Crippen molar-refractivity contribution in [2.24, 2.45) is 5.92 Å². The molecular weight excluding hydrogens is 300 g/mol. The number of urea groups is 1. The van der Waals surface area contributed by atoms with Crippen molar-refractivity contribution >= 4 is 15.9 Å². The fourth-order valence-electron chi connectivity index (χ4n) is 2.76. The summed E-state index contributed by atoms with van der Waals surface area (Å²) in [6, 6.07) is 8.45. The molecule has 0 spiro atoms. The van der Waals surface area contributed by atoms with E-state index in [9.17, 15) is 13.2 Å². The third kappa shape index (κ3) is 4.47. The first-order valence-corrected chi connectivity index (χ1v) is 9.48. The van der Waals surface area contributed by atoms with E-state index in [2.05, 4.69) is 5.32 Å². The Morgan fingerprint density at radius 3 is 2.73 bits per heavy atom. The van der Waals surface area contributed by atoms with Crippen LogP contribution in [-0.2, 0) is 9.84 Å². The predicted molar refractivity (Wildman–Crippen MR) is 86.5 cm³/mol. The molecule has 1 aromatic rings. The molecule has 1 aliphatic rings. The molecule has 1 atom stereocenters. The van der Waals surface area contributed by atoms with Crippen LogP contribution in [0.5, 0.6) is 0 Å². The molecular formula is C16H24N2O3S. The maximum absolute atomic E-state index is 12.4. The van der Waals surface area contributed by atoms with Gasteiger partial charge in [-0.2, -0.15) is 0 Å². The zero-order valence-electron chi connectivity index (χ0n) is 13.0. The Labute approximate surface area is 132 Å². The second-order valence-electron chi connectivity index (χ2n) is 5.78. The number of likely N-dealkylation sites (tertiary alicyclic amines) is 1. The number of nitrogens with one attached hydrogen (secondary N) is 1. The number of hydrogen-bond donors (Lipinski definition) is 1. The van der Waals surface area contributed by atoms with Crippen LogP contribution in [0.3, 0.4) is 0 Å². The highest BCUT2D eigenvalue weighted by Crippen LogP contribution is 2.21. The fraction of sp³-hybridized carbons (Fsp3) is 0.562. The van der Waals surface area contributed by atoms with Gasteiger partial charge >= 0.3 is 6.03 Å². The Morgan fingerprint density at radius 2 is 2.05 bits per heavy atom. The van der Waals surface area contributed by atoms with Gasteiger partial charge in [0, 0.05) is 19.6 Å². The molecule has 1 saturated heterocycles. The van der Waals surface area contributed by atoms with Gasteiger partial charge in [0.1, 0.15) is 0 Å². The van der Waals surface area contributed by atoms with Crippen molar-refractivity contribution in [2.45, 2.75) is 31.1 Å². The van der Waals surface area contributed by atoms with Crippen LogP contribution in [0.4, 0.5) is 4.79 Å². The smallest absolute Gasteiger partial charge is 0.317 e. The second-order valence-corrected chi connectivity index (χ2v) is 7.81. The SMILES string of the molecule is CCCNC(=O)N1CCCC(CS(=O)(=O)c2ccccc2)C1. The lowest BCUT2D eigenvalue weighted by atomic mass is 10.0.